The second-order valence-corrected chi connectivity index (χ2v) is 10.3. The summed E-state index contributed by atoms with van der Waals surface area (Å²) in [5.74, 6) is 0.294. The molecule has 10 heteroatoms. The monoisotopic (exact) mass is 444 g/mol. The van der Waals surface area contributed by atoms with Crippen LogP contribution in [0.25, 0.3) is 0 Å². The molecule has 0 amide bonds. The number of carbonyl (C=O) groups is 1. The minimum absolute atomic E-state index is 0.0801. The normalized spacial score (nSPS) is 18.7. The second-order valence-electron chi connectivity index (χ2n) is 8.37. The fraction of sp³-hybridized carbons (Fsp3) is 0.500. The molecular formula is C20H23F3N2O4S. The number of carbonyl (C=O) groups excluding carboxylic acids is 1. The van der Waals surface area contributed by atoms with Crippen molar-refractivity contribution in [3.63, 3.8) is 0 Å². The Labute approximate surface area is 173 Å². The fourth-order valence-electron chi connectivity index (χ4n) is 3.35. The number of ketones is 1. The van der Waals surface area contributed by atoms with Crippen molar-refractivity contribution in [2.75, 3.05) is 6.54 Å². The molecule has 0 bridgehead atoms. The van der Waals surface area contributed by atoms with Crippen LogP contribution in [-0.2, 0) is 32.8 Å². The number of halogens is 3. The van der Waals surface area contributed by atoms with E-state index in [4.69, 9.17) is 4.52 Å². The molecule has 1 aromatic carbocycles. The topological polar surface area (TPSA) is 80.5 Å². The lowest BCUT2D eigenvalue weighted by Gasteiger charge is -2.23. The third-order valence-electron chi connectivity index (χ3n) is 5.02. The van der Waals surface area contributed by atoms with Crippen LogP contribution in [0.4, 0.5) is 13.2 Å². The van der Waals surface area contributed by atoms with E-state index in [9.17, 15) is 26.4 Å². The van der Waals surface area contributed by atoms with Gasteiger partial charge in [0, 0.05) is 18.0 Å². The molecule has 1 atom stereocenters. The fourth-order valence-corrected chi connectivity index (χ4v) is 5.02. The highest BCUT2D eigenvalue weighted by Crippen LogP contribution is 2.32. The molecular weight excluding hydrogens is 421 g/mol. The minimum Gasteiger partial charge on any atom is -0.361 e. The first-order valence-corrected chi connectivity index (χ1v) is 10.9. The molecule has 2 heterocycles. The van der Waals surface area contributed by atoms with Gasteiger partial charge in [0.15, 0.2) is 5.78 Å². The average Bonchev–Trinajstić information content (AvgIpc) is 3.30. The van der Waals surface area contributed by atoms with E-state index in [1.165, 1.54) is 0 Å². The third kappa shape index (κ3) is 4.59. The molecule has 0 aliphatic carbocycles. The van der Waals surface area contributed by atoms with Crippen LogP contribution >= 0.6 is 0 Å². The van der Waals surface area contributed by atoms with Crippen LogP contribution in [0.15, 0.2) is 39.8 Å². The first kappa shape index (κ1) is 22.5. The molecule has 1 aromatic heterocycles. The van der Waals surface area contributed by atoms with Crippen LogP contribution in [0.5, 0.6) is 0 Å². The van der Waals surface area contributed by atoms with Gasteiger partial charge in [0.2, 0.25) is 10.0 Å². The highest BCUT2D eigenvalue weighted by molar-refractivity contribution is 7.89. The molecule has 164 valence electrons. The molecule has 1 aliphatic heterocycles. The number of nitrogens with zero attached hydrogens (tertiary/aromatic N) is 2. The molecule has 0 saturated carbocycles. The van der Waals surface area contributed by atoms with Crippen LogP contribution < -0.4 is 0 Å². The predicted octanol–water partition coefficient (Wildman–Crippen LogP) is 3.96. The largest absolute Gasteiger partial charge is 0.416 e. The molecule has 1 fully saturated rings. The third-order valence-corrected chi connectivity index (χ3v) is 6.94. The van der Waals surface area contributed by atoms with Gasteiger partial charge >= 0.3 is 6.18 Å². The number of hydrogen-bond acceptors (Lipinski definition) is 5. The highest BCUT2D eigenvalue weighted by Gasteiger charge is 2.40. The van der Waals surface area contributed by atoms with Crippen molar-refractivity contribution in [1.82, 2.24) is 9.46 Å². The summed E-state index contributed by atoms with van der Waals surface area (Å²) in [7, 11) is -4.10. The zero-order valence-electron chi connectivity index (χ0n) is 16.9. The van der Waals surface area contributed by atoms with Crippen molar-refractivity contribution in [1.29, 1.82) is 0 Å². The SMILES string of the molecule is CC(C)(C)c1cc(CC(=O)[C@@H]2CCCN2S(=O)(=O)c2ccc(C(F)(F)F)cc2)no1. The molecule has 1 saturated heterocycles. The van der Waals surface area contributed by atoms with E-state index >= 15 is 0 Å². The summed E-state index contributed by atoms with van der Waals surface area (Å²) in [6.07, 6.45) is -3.80. The molecule has 2 aromatic rings. The quantitative estimate of drug-likeness (QED) is 0.698. The molecule has 30 heavy (non-hydrogen) atoms. The van der Waals surface area contributed by atoms with Crippen LogP contribution in [0.3, 0.4) is 0 Å². The Morgan fingerprint density at radius 3 is 2.37 bits per heavy atom. The van der Waals surface area contributed by atoms with E-state index in [1.54, 1.807) is 6.07 Å². The van der Waals surface area contributed by atoms with E-state index < -0.39 is 27.8 Å². The van der Waals surface area contributed by atoms with Crippen LogP contribution in [0.2, 0.25) is 0 Å². The number of Topliss-reactive ketones (excluding diaryl/α,β-unsaturated/α-hetero) is 1. The summed E-state index contributed by atoms with van der Waals surface area (Å²) in [6, 6.07) is 4.09. The Morgan fingerprint density at radius 2 is 1.83 bits per heavy atom. The summed E-state index contributed by atoms with van der Waals surface area (Å²) < 4.78 is 70.5. The Kier molecular flexibility index (Phi) is 5.85. The number of alkyl halides is 3. The van der Waals surface area contributed by atoms with E-state index in [-0.39, 0.29) is 29.1 Å². The van der Waals surface area contributed by atoms with Crippen molar-refractivity contribution in [2.45, 2.75) is 62.6 Å². The zero-order valence-corrected chi connectivity index (χ0v) is 17.7. The number of sulfonamides is 1. The van der Waals surface area contributed by atoms with Crippen LogP contribution in [0, 0.1) is 0 Å². The lowest BCUT2D eigenvalue weighted by atomic mass is 9.93. The molecule has 0 radical (unpaired) electrons. The lowest BCUT2D eigenvalue weighted by molar-refractivity contribution is -0.137. The van der Waals surface area contributed by atoms with Gasteiger partial charge in [-0.25, -0.2) is 8.42 Å². The van der Waals surface area contributed by atoms with Gasteiger partial charge in [-0.05, 0) is 37.1 Å². The van der Waals surface area contributed by atoms with Crippen LogP contribution in [0.1, 0.15) is 50.6 Å². The maximum absolute atomic E-state index is 13.0. The van der Waals surface area contributed by atoms with Crippen molar-refractivity contribution in [3.8, 4) is 0 Å². The Bertz CT molecular complexity index is 1020. The van der Waals surface area contributed by atoms with E-state index in [0.717, 1.165) is 28.6 Å². The molecule has 0 N–H and O–H groups in total. The summed E-state index contributed by atoms with van der Waals surface area (Å²) in [6.45, 7) is 5.95. The van der Waals surface area contributed by atoms with Crippen LogP contribution in [-0.4, -0.2) is 36.2 Å². The molecule has 1 aliphatic rings. The van der Waals surface area contributed by atoms with Gasteiger partial charge in [0.05, 0.1) is 28.6 Å². The maximum atomic E-state index is 13.0. The Hall–Kier alpha value is -2.20. The second kappa shape index (κ2) is 7.81. The van der Waals surface area contributed by atoms with Crippen molar-refractivity contribution in [3.05, 3.63) is 47.3 Å². The number of benzene rings is 1. The van der Waals surface area contributed by atoms with E-state index in [0.29, 0.717) is 24.3 Å². The maximum Gasteiger partial charge on any atom is 0.416 e. The van der Waals surface area contributed by atoms with Gasteiger partial charge in [-0.15, -0.1) is 0 Å². The van der Waals surface area contributed by atoms with Gasteiger partial charge in [-0.3, -0.25) is 4.79 Å². The number of rotatable bonds is 5. The molecule has 3 rings (SSSR count). The summed E-state index contributed by atoms with van der Waals surface area (Å²) in [5, 5.41) is 3.90. The first-order valence-electron chi connectivity index (χ1n) is 9.48. The molecule has 0 spiro atoms. The van der Waals surface area contributed by atoms with Gasteiger partial charge in [-0.2, -0.15) is 17.5 Å². The van der Waals surface area contributed by atoms with Gasteiger partial charge in [0.25, 0.3) is 0 Å². The van der Waals surface area contributed by atoms with Gasteiger partial charge < -0.3 is 4.52 Å². The predicted molar refractivity (Wildman–Crippen MR) is 102 cm³/mol. The minimum atomic E-state index is -4.56. The van der Waals surface area contributed by atoms with Gasteiger partial charge in [0.1, 0.15) is 5.76 Å². The van der Waals surface area contributed by atoms with Crippen molar-refractivity contribution in [2.24, 2.45) is 0 Å². The highest BCUT2D eigenvalue weighted by atomic mass is 32.2. The van der Waals surface area contributed by atoms with E-state index in [2.05, 4.69) is 5.16 Å². The number of aromatic nitrogens is 1. The smallest absolute Gasteiger partial charge is 0.361 e. The van der Waals surface area contributed by atoms with Crippen molar-refractivity contribution >= 4 is 15.8 Å². The van der Waals surface area contributed by atoms with Gasteiger partial charge in [-0.1, -0.05) is 25.9 Å². The summed E-state index contributed by atoms with van der Waals surface area (Å²) in [5.41, 5.74) is -0.792. The average molecular weight is 444 g/mol. The Balaban J connectivity index is 1.78. The first-order chi connectivity index (χ1) is 13.8. The summed E-state index contributed by atoms with van der Waals surface area (Å²) in [4.78, 5) is 12.5. The lowest BCUT2D eigenvalue weighted by Crippen LogP contribution is -2.41. The summed E-state index contributed by atoms with van der Waals surface area (Å²) >= 11 is 0. The molecule has 6 nitrogen and oxygen atoms in total. The molecule has 0 unspecified atom stereocenters. The number of hydrogen-bond donors (Lipinski definition) is 0. The Morgan fingerprint density at radius 1 is 1.20 bits per heavy atom. The van der Waals surface area contributed by atoms with Crippen molar-refractivity contribution < 1.29 is 30.9 Å². The zero-order chi connectivity index (χ0) is 22.3. The van der Waals surface area contributed by atoms with E-state index in [1.807, 2.05) is 20.8 Å². The standard InChI is InChI=1S/C20H23F3N2O4S/c1-19(2,3)18-12-14(24-29-18)11-17(26)16-5-4-10-25(16)30(27,28)15-8-6-13(7-9-15)20(21,22)23/h6-9,12,16H,4-5,10-11H2,1-3H3/t16-/m0/s1.